The molecule has 1 heterocycles. The molecule has 0 saturated heterocycles. The first-order valence-corrected chi connectivity index (χ1v) is 7.47. The first kappa shape index (κ1) is 13.9. The Hall–Kier alpha value is -1.57. The van der Waals surface area contributed by atoms with E-state index < -0.39 is 10.5 Å². The van der Waals surface area contributed by atoms with E-state index in [2.05, 4.69) is 32.9 Å². The molecule has 1 aliphatic rings. The highest BCUT2D eigenvalue weighted by atomic mass is 32.2. The maximum atomic E-state index is 11.0. The summed E-state index contributed by atoms with van der Waals surface area (Å²) in [5, 5.41) is 13.9. The number of allylic oxidation sites excluding steroid dienone is 1. The van der Waals surface area contributed by atoms with Gasteiger partial charge in [0.05, 0.1) is 4.91 Å². The predicted octanol–water partition coefficient (Wildman–Crippen LogP) is 4.46. The van der Waals surface area contributed by atoms with Crippen molar-refractivity contribution in [2.75, 3.05) is 0 Å². The first-order valence-electron chi connectivity index (χ1n) is 6.18. The number of hydrogen-bond acceptors (Lipinski definition) is 2. The Balaban J connectivity index is 2.48. The summed E-state index contributed by atoms with van der Waals surface area (Å²) in [5.41, 5.74) is 2.97. The zero-order valence-corrected chi connectivity index (χ0v) is 12.5. The summed E-state index contributed by atoms with van der Waals surface area (Å²) in [4.78, 5) is 11.7. The second kappa shape index (κ2) is 4.84. The molecular formula is C16H18O2S. The summed E-state index contributed by atoms with van der Waals surface area (Å²) < 4.78 is 0. The number of benzene rings is 1. The maximum Gasteiger partial charge on any atom is 0.164 e. The number of rotatable bonds is 1. The van der Waals surface area contributed by atoms with Crippen LogP contribution in [0.2, 0.25) is 0 Å². The Labute approximate surface area is 116 Å². The van der Waals surface area contributed by atoms with Crippen molar-refractivity contribution in [3.8, 4) is 0 Å². The predicted molar refractivity (Wildman–Crippen MR) is 81.7 cm³/mol. The molecule has 1 N–H and O–H groups in total. The third-order valence-electron chi connectivity index (χ3n) is 3.21. The van der Waals surface area contributed by atoms with Gasteiger partial charge in [-0.2, -0.15) is 0 Å². The van der Waals surface area contributed by atoms with Gasteiger partial charge in [0.15, 0.2) is 5.23 Å². The van der Waals surface area contributed by atoms with Crippen molar-refractivity contribution >= 4 is 20.6 Å². The molecule has 0 saturated carbocycles. The fourth-order valence-electron chi connectivity index (χ4n) is 2.03. The average molecular weight is 274 g/mol. The van der Waals surface area contributed by atoms with Gasteiger partial charge < -0.3 is 5.11 Å². The molecule has 0 aromatic heterocycles. The van der Waals surface area contributed by atoms with Crippen LogP contribution >= 0.6 is 10.5 Å². The van der Waals surface area contributed by atoms with Crippen LogP contribution < -0.4 is 0 Å². The van der Waals surface area contributed by atoms with E-state index in [0.717, 1.165) is 11.1 Å². The molecule has 1 unspecified atom stereocenters. The SMILES string of the molecule is CC1=CS(=C=O)C(c2ccc(C(C)(C)C)cc2)=C1O. The molecule has 1 aromatic rings. The molecule has 0 fully saturated rings. The molecular weight excluding hydrogens is 256 g/mol. The van der Waals surface area contributed by atoms with Crippen LogP contribution in [-0.2, 0) is 10.2 Å². The van der Waals surface area contributed by atoms with Crippen molar-refractivity contribution < 1.29 is 9.90 Å². The van der Waals surface area contributed by atoms with Gasteiger partial charge in [-0.25, -0.2) is 4.79 Å². The van der Waals surface area contributed by atoms with E-state index >= 15 is 0 Å². The van der Waals surface area contributed by atoms with Crippen LogP contribution in [0.5, 0.6) is 0 Å². The van der Waals surface area contributed by atoms with Crippen molar-refractivity contribution in [3.63, 3.8) is 0 Å². The third-order valence-corrected chi connectivity index (χ3v) is 4.84. The van der Waals surface area contributed by atoms with E-state index in [9.17, 15) is 9.90 Å². The molecule has 0 amide bonds. The monoisotopic (exact) mass is 274 g/mol. The summed E-state index contributed by atoms with van der Waals surface area (Å²) in [6.07, 6.45) is 0. The minimum absolute atomic E-state index is 0.0945. The Morgan fingerprint density at radius 3 is 2.21 bits per heavy atom. The highest BCUT2D eigenvalue weighted by molar-refractivity contribution is 8.25. The average Bonchev–Trinajstić information content (AvgIpc) is 2.64. The summed E-state index contributed by atoms with van der Waals surface area (Å²) in [7, 11) is -0.749. The maximum absolute atomic E-state index is 11.0. The second-order valence-corrected chi connectivity index (χ2v) is 7.21. The van der Waals surface area contributed by atoms with Crippen molar-refractivity contribution in [2.45, 2.75) is 33.1 Å². The summed E-state index contributed by atoms with van der Waals surface area (Å²) in [5.74, 6) is 0.218. The lowest BCUT2D eigenvalue weighted by Gasteiger charge is -2.19. The van der Waals surface area contributed by atoms with Gasteiger partial charge in [0.2, 0.25) is 0 Å². The Morgan fingerprint density at radius 1 is 1.16 bits per heavy atom. The fraction of sp³-hybridized carbons (Fsp3) is 0.312. The van der Waals surface area contributed by atoms with E-state index in [1.165, 1.54) is 5.56 Å². The topological polar surface area (TPSA) is 37.3 Å². The molecule has 0 aliphatic carbocycles. The van der Waals surface area contributed by atoms with Crippen molar-refractivity contribution in [2.24, 2.45) is 0 Å². The molecule has 0 radical (unpaired) electrons. The molecule has 100 valence electrons. The number of hydrogen-bond donors (Lipinski definition) is 1. The Morgan fingerprint density at radius 2 is 1.74 bits per heavy atom. The number of carbonyl (C=O) groups excluding carboxylic acids is 1. The van der Waals surface area contributed by atoms with E-state index in [1.807, 2.05) is 24.3 Å². The van der Waals surface area contributed by atoms with Crippen molar-refractivity contribution in [1.29, 1.82) is 0 Å². The van der Waals surface area contributed by atoms with Gasteiger partial charge in [0, 0.05) is 0 Å². The second-order valence-electron chi connectivity index (χ2n) is 5.73. The summed E-state index contributed by atoms with van der Waals surface area (Å²) in [6, 6.07) is 8.04. The molecule has 3 heteroatoms. The van der Waals surface area contributed by atoms with Gasteiger partial charge >= 0.3 is 0 Å². The summed E-state index contributed by atoms with van der Waals surface area (Å²) in [6.45, 7) is 8.28. The van der Waals surface area contributed by atoms with Crippen LogP contribution in [-0.4, -0.2) is 10.3 Å². The minimum Gasteiger partial charge on any atom is -0.506 e. The molecule has 2 nitrogen and oxygen atoms in total. The minimum atomic E-state index is -0.749. The quantitative estimate of drug-likeness (QED) is 0.767. The molecule has 2 rings (SSSR count). The van der Waals surface area contributed by atoms with Crippen LogP contribution in [0.15, 0.2) is 41.0 Å². The third kappa shape index (κ3) is 2.58. The number of aliphatic hydroxyl groups is 1. The van der Waals surface area contributed by atoms with Crippen LogP contribution in [0.4, 0.5) is 0 Å². The van der Waals surface area contributed by atoms with Crippen LogP contribution in [0.3, 0.4) is 0 Å². The van der Waals surface area contributed by atoms with Crippen LogP contribution in [0, 0.1) is 0 Å². The lowest BCUT2D eigenvalue weighted by Crippen LogP contribution is -2.10. The molecule has 1 atom stereocenters. The van der Waals surface area contributed by atoms with E-state index in [1.54, 1.807) is 5.41 Å². The van der Waals surface area contributed by atoms with Gasteiger partial charge in [-0.1, -0.05) is 45.0 Å². The zero-order valence-electron chi connectivity index (χ0n) is 11.7. The van der Waals surface area contributed by atoms with Gasteiger partial charge in [-0.05, 0) is 44.9 Å². The number of aliphatic hydroxyl groups excluding tert-OH is 1. The molecule has 1 aliphatic heterocycles. The van der Waals surface area contributed by atoms with Crippen molar-refractivity contribution in [3.05, 3.63) is 52.1 Å². The van der Waals surface area contributed by atoms with Gasteiger partial charge in [-0.3, -0.25) is 0 Å². The summed E-state index contributed by atoms with van der Waals surface area (Å²) >= 11 is 0. The molecule has 1 aromatic carbocycles. The lowest BCUT2D eigenvalue weighted by molar-refractivity contribution is 0.429. The highest BCUT2D eigenvalue weighted by Gasteiger charge is 2.21. The molecule has 0 bridgehead atoms. The zero-order chi connectivity index (χ0) is 14.2. The van der Waals surface area contributed by atoms with Gasteiger partial charge in [-0.15, -0.1) is 0 Å². The van der Waals surface area contributed by atoms with Crippen LogP contribution in [0.1, 0.15) is 38.8 Å². The normalized spacial score (nSPS) is 19.4. The molecule has 0 spiro atoms. The van der Waals surface area contributed by atoms with Crippen LogP contribution in [0.25, 0.3) is 4.91 Å². The standard InChI is InChI=1S/C16H18O2S/c1-11-9-19(10-17)15(14(11)18)12-5-7-13(8-6-12)16(2,3)4/h5-9,18H,1-4H3. The smallest absolute Gasteiger partial charge is 0.164 e. The Bertz CT molecular complexity index is 622. The van der Waals surface area contributed by atoms with Crippen molar-refractivity contribution in [1.82, 2.24) is 0 Å². The fourth-order valence-corrected chi connectivity index (χ4v) is 3.50. The lowest BCUT2D eigenvalue weighted by atomic mass is 9.86. The largest absolute Gasteiger partial charge is 0.506 e. The first-order chi connectivity index (χ1) is 8.84. The van der Waals surface area contributed by atoms with Gasteiger partial charge in [0.1, 0.15) is 5.76 Å². The van der Waals surface area contributed by atoms with E-state index in [4.69, 9.17) is 0 Å². The Kier molecular flexibility index (Phi) is 3.53. The van der Waals surface area contributed by atoms with E-state index in [-0.39, 0.29) is 11.2 Å². The van der Waals surface area contributed by atoms with Gasteiger partial charge in [0.25, 0.3) is 0 Å². The highest BCUT2D eigenvalue weighted by Crippen LogP contribution is 2.44. The van der Waals surface area contributed by atoms with E-state index in [0.29, 0.717) is 4.91 Å². The molecule has 19 heavy (non-hydrogen) atoms.